The second-order valence-corrected chi connectivity index (χ2v) is 19.0. The molecule has 302 valence electrons. The van der Waals surface area contributed by atoms with E-state index in [4.69, 9.17) is 19.4 Å². The molecule has 0 saturated heterocycles. The van der Waals surface area contributed by atoms with Gasteiger partial charge in [0.15, 0.2) is 5.82 Å². The molecule has 0 N–H and O–H groups in total. The zero-order valence-electron chi connectivity index (χ0n) is 34.4. The average Bonchev–Trinajstić information content (AvgIpc) is 4.04. The summed E-state index contributed by atoms with van der Waals surface area (Å²) in [5.41, 5.74) is 6.41. The average molecular weight is 840 g/mol. The molecule has 7 heteroatoms. The zero-order chi connectivity index (χ0) is 42.2. The Labute approximate surface area is 369 Å². The molecule has 13 rings (SSSR count). The van der Waals surface area contributed by atoms with Gasteiger partial charge in [-0.1, -0.05) is 152 Å². The monoisotopic (exact) mass is 839 g/mol. The molecule has 0 aliphatic heterocycles. The third-order valence-corrected chi connectivity index (χ3v) is 16.4. The molecule has 0 fully saturated rings. The van der Waals surface area contributed by atoms with E-state index < -0.39 is 10.0 Å². The lowest BCUT2D eigenvalue weighted by molar-refractivity contribution is 0.660. The minimum absolute atomic E-state index is 0.516. The highest BCUT2D eigenvalue weighted by atomic mass is 32.3. The molecule has 0 saturated carbocycles. The summed E-state index contributed by atoms with van der Waals surface area (Å²) in [6.07, 6.45) is 0. The number of fused-ring (bicyclic) bond motifs is 9. The van der Waals surface area contributed by atoms with Crippen LogP contribution in [0.1, 0.15) is 0 Å². The van der Waals surface area contributed by atoms with Gasteiger partial charge in [0.25, 0.3) is 0 Å². The van der Waals surface area contributed by atoms with Gasteiger partial charge in [-0.25, -0.2) is 0 Å². The molecule has 0 spiro atoms. The van der Waals surface area contributed by atoms with Crippen LogP contribution in [-0.2, 0) is 0 Å². The number of hydrogen-bond donors (Lipinski definition) is 0. The van der Waals surface area contributed by atoms with Crippen molar-refractivity contribution in [3.63, 3.8) is 0 Å². The molecule has 0 aliphatic carbocycles. The summed E-state index contributed by atoms with van der Waals surface area (Å²) in [7, 11) is -2.06. The fourth-order valence-electron chi connectivity index (χ4n) is 9.82. The van der Waals surface area contributed by atoms with Crippen molar-refractivity contribution in [1.29, 1.82) is 0 Å². The van der Waals surface area contributed by atoms with Gasteiger partial charge in [-0.2, -0.15) is 15.0 Å². The molecular weight excluding hydrogens is 803 g/mol. The van der Waals surface area contributed by atoms with Crippen LogP contribution in [0.25, 0.3) is 88.8 Å². The summed E-state index contributed by atoms with van der Waals surface area (Å²) in [6.45, 7) is 0. The van der Waals surface area contributed by atoms with Gasteiger partial charge in [0.2, 0.25) is 11.9 Å². The summed E-state index contributed by atoms with van der Waals surface area (Å²) in [4.78, 5) is 21.0. The Morgan fingerprint density at radius 2 is 0.672 bits per heavy atom. The molecule has 0 radical (unpaired) electrons. The van der Waals surface area contributed by atoms with Crippen LogP contribution >= 0.6 is 10.0 Å². The number of furan rings is 1. The molecule has 9 aromatic carbocycles. The maximum atomic E-state index is 7.39. The molecule has 0 bridgehead atoms. The van der Waals surface area contributed by atoms with E-state index in [9.17, 15) is 0 Å². The number of para-hydroxylation sites is 6. The predicted molar refractivity (Wildman–Crippen MR) is 261 cm³/mol. The van der Waals surface area contributed by atoms with Crippen LogP contribution in [0.5, 0.6) is 0 Å². The second-order valence-electron chi connectivity index (χ2n) is 16.0. The Morgan fingerprint density at radius 3 is 1.11 bits per heavy atom. The summed E-state index contributed by atoms with van der Waals surface area (Å²) in [5, 5.41) is 6.55. The Bertz CT molecular complexity index is 3580. The Hall–Kier alpha value is -8.26. The van der Waals surface area contributed by atoms with Crippen LogP contribution in [-0.4, -0.2) is 24.1 Å². The van der Waals surface area contributed by atoms with Gasteiger partial charge < -0.3 is 4.42 Å². The second kappa shape index (κ2) is 14.4. The lowest BCUT2D eigenvalue weighted by Gasteiger charge is -2.41. The van der Waals surface area contributed by atoms with E-state index in [1.54, 1.807) is 0 Å². The van der Waals surface area contributed by atoms with Crippen molar-refractivity contribution in [2.75, 3.05) is 0 Å². The van der Waals surface area contributed by atoms with Crippen molar-refractivity contribution in [1.82, 2.24) is 24.1 Å². The largest absolute Gasteiger partial charge is 0.454 e. The lowest BCUT2D eigenvalue weighted by Crippen LogP contribution is -2.10. The first-order valence-electron chi connectivity index (χ1n) is 21.4. The fraction of sp³-hybridized carbons (Fsp3) is 0. The molecule has 0 amide bonds. The van der Waals surface area contributed by atoms with Crippen molar-refractivity contribution in [3.8, 4) is 23.3 Å². The molecule has 0 aliphatic rings. The van der Waals surface area contributed by atoms with Crippen molar-refractivity contribution in [2.24, 2.45) is 0 Å². The predicted octanol–water partition coefficient (Wildman–Crippen LogP) is 15.0. The van der Waals surface area contributed by atoms with Crippen LogP contribution in [0.15, 0.2) is 248 Å². The normalized spacial score (nSPS) is 12.3. The third kappa shape index (κ3) is 5.31. The standard InChI is InChI=1S/C57H37N5OS/c1-4-20-38(21-5-1)64(39-22-6-2-7-23-39,40-24-8-3-9-25-40)52-37-19-31-46-45-30-18-32-47(53(45)63-54(46)52)55-58-56(61-48-33-14-10-26-41(48)42-27-11-15-34-49(42)61)60-57(59-55)62-50-35-16-12-28-43(50)44-29-13-17-36-51(44)62/h1-37H. The van der Waals surface area contributed by atoms with Crippen LogP contribution in [0.4, 0.5) is 0 Å². The number of rotatable bonds is 7. The maximum Gasteiger partial charge on any atom is 0.240 e. The van der Waals surface area contributed by atoms with E-state index in [1.165, 1.54) is 14.7 Å². The molecule has 0 atom stereocenters. The van der Waals surface area contributed by atoms with E-state index in [0.717, 1.165) is 76.0 Å². The molecule has 4 aromatic heterocycles. The SMILES string of the molecule is c1ccc(S(c2ccccc2)(c2ccccc2)c2cccc3c2oc2c(-c4nc(-n5c6ccccc6c6ccccc65)nc(-n5c6ccccc6c6ccccc65)n4)cccc23)cc1. The molecule has 0 unspecified atom stereocenters. The van der Waals surface area contributed by atoms with E-state index in [2.05, 4.69) is 234 Å². The van der Waals surface area contributed by atoms with Crippen LogP contribution in [0.2, 0.25) is 0 Å². The minimum atomic E-state index is -2.06. The Kier molecular flexibility index (Phi) is 8.20. The highest BCUT2D eigenvalue weighted by Gasteiger charge is 2.36. The van der Waals surface area contributed by atoms with Crippen LogP contribution in [0, 0.1) is 0 Å². The quantitative estimate of drug-likeness (QED) is 0.160. The van der Waals surface area contributed by atoms with Gasteiger partial charge in [-0.3, -0.25) is 9.13 Å². The van der Waals surface area contributed by atoms with Crippen LogP contribution in [0.3, 0.4) is 0 Å². The molecule has 13 aromatic rings. The van der Waals surface area contributed by atoms with Gasteiger partial charge in [0, 0.05) is 51.9 Å². The summed E-state index contributed by atoms with van der Waals surface area (Å²) < 4.78 is 11.7. The van der Waals surface area contributed by atoms with Crippen molar-refractivity contribution in [2.45, 2.75) is 19.6 Å². The van der Waals surface area contributed by atoms with Gasteiger partial charge in [-0.05, 0) is 72.8 Å². The van der Waals surface area contributed by atoms with Crippen molar-refractivity contribution >= 4 is 75.6 Å². The number of hydrogen-bond acceptors (Lipinski definition) is 4. The van der Waals surface area contributed by atoms with E-state index in [0.29, 0.717) is 17.7 Å². The van der Waals surface area contributed by atoms with Gasteiger partial charge in [-0.15, -0.1) is 10.0 Å². The zero-order valence-corrected chi connectivity index (χ0v) is 35.2. The molecular formula is C57H37N5OS. The van der Waals surface area contributed by atoms with Gasteiger partial charge in [0.05, 0.1) is 27.6 Å². The summed E-state index contributed by atoms with van der Waals surface area (Å²) in [6, 6.07) is 79.5. The molecule has 4 heterocycles. The maximum absolute atomic E-state index is 7.39. The van der Waals surface area contributed by atoms with Crippen molar-refractivity contribution in [3.05, 3.63) is 224 Å². The summed E-state index contributed by atoms with van der Waals surface area (Å²) in [5.74, 6) is 1.56. The first-order chi connectivity index (χ1) is 31.8. The number of benzene rings is 9. The van der Waals surface area contributed by atoms with E-state index in [-0.39, 0.29) is 0 Å². The van der Waals surface area contributed by atoms with Crippen molar-refractivity contribution < 1.29 is 4.42 Å². The van der Waals surface area contributed by atoms with E-state index >= 15 is 0 Å². The fourth-order valence-corrected chi connectivity index (χ4v) is 13.8. The smallest absolute Gasteiger partial charge is 0.240 e. The van der Waals surface area contributed by atoms with Gasteiger partial charge in [0.1, 0.15) is 11.2 Å². The topological polar surface area (TPSA) is 61.7 Å². The Morgan fingerprint density at radius 1 is 0.312 bits per heavy atom. The lowest BCUT2D eigenvalue weighted by atomic mass is 10.1. The first kappa shape index (κ1) is 36.4. The number of nitrogens with zero attached hydrogens (tertiary/aromatic N) is 5. The highest BCUT2D eigenvalue weighted by molar-refractivity contribution is 8.34. The van der Waals surface area contributed by atoms with E-state index in [1.807, 2.05) is 0 Å². The Balaban J connectivity index is 1.13. The summed E-state index contributed by atoms with van der Waals surface area (Å²) >= 11 is 0. The minimum Gasteiger partial charge on any atom is -0.454 e. The molecule has 64 heavy (non-hydrogen) atoms. The highest BCUT2D eigenvalue weighted by Crippen LogP contribution is 2.74. The van der Waals surface area contributed by atoms with Gasteiger partial charge >= 0.3 is 0 Å². The molecule has 6 nitrogen and oxygen atoms in total. The first-order valence-corrected chi connectivity index (χ1v) is 23.1. The third-order valence-electron chi connectivity index (χ3n) is 12.5. The number of aromatic nitrogens is 5. The van der Waals surface area contributed by atoms with Crippen LogP contribution < -0.4 is 0 Å².